The Morgan fingerprint density at radius 3 is 2.14 bits per heavy atom. The molecule has 0 aliphatic heterocycles. The third-order valence-electron chi connectivity index (χ3n) is 2.05. The molecule has 1 unspecified atom stereocenters. The zero-order valence-electron chi connectivity index (χ0n) is 9.16. The number of unbranched alkanes of at least 4 members (excludes halogenated alkanes) is 1. The van der Waals surface area contributed by atoms with Gasteiger partial charge in [0.25, 0.3) is 10.1 Å². The predicted molar refractivity (Wildman–Crippen MR) is 61.5 cm³/mol. The van der Waals surface area contributed by atoms with Gasteiger partial charge >= 0.3 is 0 Å². The molecular weight excluding hydrogens is 218 g/mol. The van der Waals surface area contributed by atoms with Crippen LogP contribution >= 0.6 is 0 Å². The molecule has 0 rings (SSSR count). The van der Waals surface area contributed by atoms with E-state index in [9.17, 15) is 8.42 Å². The molecule has 0 heterocycles. The molecular formula is C8H21NO3SSi. The van der Waals surface area contributed by atoms with Crippen molar-refractivity contribution in [3.05, 3.63) is 0 Å². The van der Waals surface area contributed by atoms with Crippen LogP contribution in [0, 0.1) is 0 Å². The van der Waals surface area contributed by atoms with Crippen LogP contribution < -0.4 is 5.73 Å². The van der Waals surface area contributed by atoms with Crippen molar-refractivity contribution in [2.75, 3.05) is 0 Å². The first-order valence-electron chi connectivity index (χ1n) is 4.85. The largest absolute Gasteiger partial charge is 0.313 e. The highest BCUT2D eigenvalue weighted by molar-refractivity contribution is 7.86. The highest BCUT2D eigenvalue weighted by Gasteiger charge is 2.18. The van der Waals surface area contributed by atoms with Gasteiger partial charge in [-0.2, -0.15) is 8.42 Å². The van der Waals surface area contributed by atoms with E-state index >= 15 is 0 Å². The summed E-state index contributed by atoms with van der Waals surface area (Å²) in [6, 6.07) is 1.17. The first-order chi connectivity index (χ1) is 6.13. The summed E-state index contributed by atoms with van der Waals surface area (Å²) in [5.74, 6) is 0. The number of hydrogen-bond donors (Lipinski definition) is 2. The minimum Gasteiger partial charge on any atom is -0.313 e. The van der Waals surface area contributed by atoms with Gasteiger partial charge in [0.1, 0.15) is 5.37 Å². The smallest absolute Gasteiger partial charge is 0.280 e. The predicted octanol–water partition coefficient (Wildman–Crippen LogP) is 1.67. The zero-order valence-corrected chi connectivity index (χ0v) is 11.0. The van der Waals surface area contributed by atoms with Gasteiger partial charge in [0.2, 0.25) is 0 Å². The molecule has 0 aromatic rings. The van der Waals surface area contributed by atoms with E-state index in [2.05, 4.69) is 19.6 Å². The molecule has 14 heavy (non-hydrogen) atoms. The molecule has 0 aromatic carbocycles. The van der Waals surface area contributed by atoms with Gasteiger partial charge in [-0.25, -0.2) is 0 Å². The molecule has 0 aliphatic rings. The molecule has 0 radical (unpaired) electrons. The van der Waals surface area contributed by atoms with Crippen molar-refractivity contribution in [1.82, 2.24) is 0 Å². The van der Waals surface area contributed by atoms with Crippen molar-refractivity contribution in [1.29, 1.82) is 0 Å². The fourth-order valence-corrected chi connectivity index (χ4v) is 2.92. The normalized spacial score (nSPS) is 15.5. The molecule has 3 N–H and O–H groups in total. The number of rotatable bonds is 6. The molecule has 0 amide bonds. The first-order valence-corrected chi connectivity index (χ1v) is 10.1. The van der Waals surface area contributed by atoms with Gasteiger partial charge in [-0.3, -0.25) is 4.55 Å². The van der Waals surface area contributed by atoms with Crippen LogP contribution in [0.1, 0.15) is 19.3 Å². The van der Waals surface area contributed by atoms with Crippen LogP contribution in [0.25, 0.3) is 0 Å². The van der Waals surface area contributed by atoms with Crippen molar-refractivity contribution in [2.45, 2.75) is 50.3 Å². The fourth-order valence-electron chi connectivity index (χ4n) is 1.15. The van der Waals surface area contributed by atoms with Gasteiger partial charge in [-0.1, -0.05) is 38.5 Å². The summed E-state index contributed by atoms with van der Waals surface area (Å²) in [5, 5.41) is -1.11. The summed E-state index contributed by atoms with van der Waals surface area (Å²) >= 11 is 0. The fraction of sp³-hybridized carbons (Fsp3) is 1.00. The summed E-state index contributed by atoms with van der Waals surface area (Å²) in [4.78, 5) is 0. The Morgan fingerprint density at radius 2 is 1.79 bits per heavy atom. The Labute approximate surface area is 87.6 Å². The Morgan fingerprint density at radius 1 is 1.29 bits per heavy atom. The molecule has 0 aromatic heterocycles. The highest BCUT2D eigenvalue weighted by atomic mass is 32.2. The molecule has 0 aliphatic carbocycles. The Balaban J connectivity index is 3.67. The maximum atomic E-state index is 10.6. The summed E-state index contributed by atoms with van der Waals surface area (Å²) in [7, 11) is -5.06. The van der Waals surface area contributed by atoms with Gasteiger partial charge in [0.05, 0.1) is 0 Å². The van der Waals surface area contributed by atoms with Crippen LogP contribution in [-0.4, -0.2) is 26.4 Å². The average molecular weight is 239 g/mol. The summed E-state index contributed by atoms with van der Waals surface area (Å²) < 4.78 is 29.7. The van der Waals surface area contributed by atoms with Crippen molar-refractivity contribution in [3.63, 3.8) is 0 Å². The third-order valence-corrected chi connectivity index (χ3v) is 4.90. The van der Waals surface area contributed by atoms with E-state index in [1.807, 2.05) is 0 Å². The number of nitrogens with two attached hydrogens (primary N) is 1. The van der Waals surface area contributed by atoms with Crippen molar-refractivity contribution in [2.24, 2.45) is 5.73 Å². The SMILES string of the molecule is C[Si](C)(C)CCCCC(N)S(=O)(=O)O. The van der Waals surface area contributed by atoms with Gasteiger partial charge in [-0.15, -0.1) is 0 Å². The van der Waals surface area contributed by atoms with Crippen LogP contribution in [0.4, 0.5) is 0 Å². The second-order valence-electron chi connectivity index (χ2n) is 4.86. The number of hydrogen-bond acceptors (Lipinski definition) is 3. The lowest BCUT2D eigenvalue weighted by Gasteiger charge is -2.15. The molecule has 0 spiro atoms. The second kappa shape index (κ2) is 5.25. The Hall–Kier alpha value is 0.0869. The van der Waals surface area contributed by atoms with Crippen LogP contribution in [-0.2, 0) is 10.1 Å². The molecule has 0 saturated carbocycles. The third kappa shape index (κ3) is 7.49. The summed E-state index contributed by atoms with van der Waals surface area (Å²) in [6.07, 6.45) is 2.12. The molecule has 0 bridgehead atoms. The lowest BCUT2D eigenvalue weighted by Crippen LogP contribution is -2.30. The van der Waals surface area contributed by atoms with Crippen molar-refractivity contribution in [3.8, 4) is 0 Å². The van der Waals surface area contributed by atoms with Crippen LogP contribution in [0.2, 0.25) is 25.7 Å². The van der Waals surface area contributed by atoms with Crippen LogP contribution in [0.3, 0.4) is 0 Å². The van der Waals surface area contributed by atoms with E-state index in [0.29, 0.717) is 6.42 Å². The van der Waals surface area contributed by atoms with Crippen molar-refractivity contribution < 1.29 is 13.0 Å². The lowest BCUT2D eigenvalue weighted by molar-refractivity contribution is 0.460. The summed E-state index contributed by atoms with van der Waals surface area (Å²) in [6.45, 7) is 6.82. The van der Waals surface area contributed by atoms with E-state index in [1.165, 1.54) is 6.04 Å². The second-order valence-corrected chi connectivity index (χ2v) is 12.1. The first kappa shape index (κ1) is 14.1. The van der Waals surface area contributed by atoms with E-state index in [-0.39, 0.29) is 0 Å². The minimum absolute atomic E-state index is 0.351. The molecule has 0 fully saturated rings. The molecule has 6 heteroatoms. The maximum absolute atomic E-state index is 10.6. The topological polar surface area (TPSA) is 80.4 Å². The van der Waals surface area contributed by atoms with Gasteiger partial charge in [0.15, 0.2) is 0 Å². The van der Waals surface area contributed by atoms with Gasteiger partial charge in [-0.05, 0) is 6.42 Å². The Kier molecular flexibility index (Phi) is 5.28. The lowest BCUT2D eigenvalue weighted by atomic mass is 10.2. The van der Waals surface area contributed by atoms with E-state index in [0.717, 1.165) is 12.8 Å². The van der Waals surface area contributed by atoms with Crippen molar-refractivity contribution >= 4 is 18.2 Å². The van der Waals surface area contributed by atoms with Gasteiger partial charge < -0.3 is 5.73 Å². The maximum Gasteiger partial charge on any atom is 0.280 e. The van der Waals surface area contributed by atoms with E-state index in [1.54, 1.807) is 0 Å². The monoisotopic (exact) mass is 239 g/mol. The zero-order chi connectivity index (χ0) is 11.4. The standard InChI is InChI=1S/C8H21NO3SSi/c1-14(2,3)7-5-4-6-8(9)13(10,11)12/h8H,4-7,9H2,1-3H3,(H,10,11,12). The van der Waals surface area contributed by atoms with Gasteiger partial charge in [0, 0.05) is 8.07 Å². The molecule has 0 saturated heterocycles. The Bertz CT molecular complexity index is 258. The quantitative estimate of drug-likeness (QED) is 0.420. The highest BCUT2D eigenvalue weighted by Crippen LogP contribution is 2.15. The summed E-state index contributed by atoms with van der Waals surface area (Å²) in [5.41, 5.74) is 5.27. The molecule has 1 atom stereocenters. The minimum atomic E-state index is -4.03. The molecule has 4 nitrogen and oxygen atoms in total. The van der Waals surface area contributed by atoms with Crippen LogP contribution in [0.5, 0.6) is 0 Å². The van der Waals surface area contributed by atoms with E-state index in [4.69, 9.17) is 10.3 Å². The molecule has 86 valence electrons. The van der Waals surface area contributed by atoms with E-state index < -0.39 is 23.6 Å². The van der Waals surface area contributed by atoms with Crippen LogP contribution in [0.15, 0.2) is 0 Å². The average Bonchev–Trinajstić information content (AvgIpc) is 1.93.